The van der Waals surface area contributed by atoms with Gasteiger partial charge in [0.15, 0.2) is 0 Å². The molecule has 1 aliphatic rings. The van der Waals surface area contributed by atoms with Crippen LogP contribution in [0.1, 0.15) is 22.7 Å². The topological polar surface area (TPSA) is 59.2 Å². The molecule has 1 unspecified atom stereocenters. The molecular formula is C10H15N3OS. The number of aryl methyl sites for hydroxylation is 1. The Kier molecular flexibility index (Phi) is 3.02. The van der Waals surface area contributed by atoms with E-state index in [2.05, 4.69) is 4.98 Å². The number of rotatable bonds is 2. The van der Waals surface area contributed by atoms with E-state index in [1.807, 2.05) is 18.0 Å². The molecule has 1 atom stereocenters. The summed E-state index contributed by atoms with van der Waals surface area (Å²) in [5.74, 6) is 0.0640. The highest BCUT2D eigenvalue weighted by molar-refractivity contribution is 7.11. The van der Waals surface area contributed by atoms with Gasteiger partial charge in [0.05, 0.1) is 12.6 Å². The molecule has 5 heteroatoms. The third-order valence-corrected chi connectivity index (χ3v) is 3.46. The molecule has 1 saturated heterocycles. The summed E-state index contributed by atoms with van der Waals surface area (Å²) in [6.07, 6.45) is 3.65. The minimum atomic E-state index is -0.306. The summed E-state index contributed by atoms with van der Waals surface area (Å²) in [4.78, 5) is 19.0. The predicted octanol–water partition coefficient (Wildman–Crippen LogP) is 0.901. The van der Waals surface area contributed by atoms with E-state index < -0.39 is 0 Å². The van der Waals surface area contributed by atoms with E-state index in [0.29, 0.717) is 6.54 Å². The van der Waals surface area contributed by atoms with Gasteiger partial charge in [0.2, 0.25) is 5.91 Å². The standard InChI is InChI=1S/C10H15N3OS/c1-7-5-12-9(15-7)6-13-4-2-3-8(11)10(13)14/h5,8H,2-4,6,11H2,1H3. The zero-order valence-corrected chi connectivity index (χ0v) is 9.59. The van der Waals surface area contributed by atoms with Crippen molar-refractivity contribution in [2.24, 2.45) is 5.73 Å². The Labute approximate surface area is 93.1 Å². The minimum absolute atomic E-state index is 0.0640. The van der Waals surface area contributed by atoms with Crippen molar-refractivity contribution in [2.75, 3.05) is 6.54 Å². The summed E-state index contributed by atoms with van der Waals surface area (Å²) >= 11 is 1.64. The van der Waals surface area contributed by atoms with Crippen LogP contribution in [-0.2, 0) is 11.3 Å². The zero-order valence-electron chi connectivity index (χ0n) is 8.77. The average Bonchev–Trinajstić information content (AvgIpc) is 2.59. The van der Waals surface area contributed by atoms with Crippen LogP contribution in [0.4, 0.5) is 0 Å². The van der Waals surface area contributed by atoms with Gasteiger partial charge in [-0.05, 0) is 19.8 Å². The number of carbonyl (C=O) groups is 1. The number of hydrogen-bond donors (Lipinski definition) is 1. The number of amides is 1. The first-order valence-electron chi connectivity index (χ1n) is 5.12. The maximum Gasteiger partial charge on any atom is 0.239 e. The summed E-state index contributed by atoms with van der Waals surface area (Å²) in [6.45, 7) is 3.45. The summed E-state index contributed by atoms with van der Waals surface area (Å²) in [5, 5.41) is 0.995. The lowest BCUT2D eigenvalue weighted by atomic mass is 10.1. The summed E-state index contributed by atoms with van der Waals surface area (Å²) in [6, 6.07) is -0.306. The van der Waals surface area contributed by atoms with E-state index in [1.54, 1.807) is 11.3 Å². The van der Waals surface area contributed by atoms with Crippen molar-refractivity contribution >= 4 is 17.2 Å². The fourth-order valence-electron chi connectivity index (χ4n) is 1.77. The number of carbonyl (C=O) groups excluding carboxylic acids is 1. The second kappa shape index (κ2) is 4.28. The van der Waals surface area contributed by atoms with Crippen LogP contribution in [0.2, 0.25) is 0 Å². The molecule has 15 heavy (non-hydrogen) atoms. The second-order valence-electron chi connectivity index (χ2n) is 3.87. The van der Waals surface area contributed by atoms with Crippen LogP contribution in [-0.4, -0.2) is 28.4 Å². The normalized spacial score (nSPS) is 22.1. The van der Waals surface area contributed by atoms with E-state index in [4.69, 9.17) is 5.73 Å². The van der Waals surface area contributed by atoms with Crippen molar-refractivity contribution in [1.82, 2.24) is 9.88 Å². The summed E-state index contributed by atoms with van der Waals surface area (Å²) < 4.78 is 0. The summed E-state index contributed by atoms with van der Waals surface area (Å²) in [5.41, 5.74) is 5.72. The van der Waals surface area contributed by atoms with Crippen LogP contribution in [0.15, 0.2) is 6.20 Å². The highest BCUT2D eigenvalue weighted by Gasteiger charge is 2.25. The van der Waals surface area contributed by atoms with Crippen LogP contribution in [0.5, 0.6) is 0 Å². The van der Waals surface area contributed by atoms with Gasteiger partial charge in [-0.15, -0.1) is 11.3 Å². The fourth-order valence-corrected chi connectivity index (χ4v) is 2.57. The maximum absolute atomic E-state index is 11.7. The van der Waals surface area contributed by atoms with E-state index in [9.17, 15) is 4.79 Å². The molecule has 2 heterocycles. The number of likely N-dealkylation sites (tertiary alicyclic amines) is 1. The van der Waals surface area contributed by atoms with Gasteiger partial charge < -0.3 is 10.6 Å². The number of nitrogens with two attached hydrogens (primary N) is 1. The van der Waals surface area contributed by atoms with Gasteiger partial charge in [-0.1, -0.05) is 0 Å². The van der Waals surface area contributed by atoms with Crippen LogP contribution < -0.4 is 5.73 Å². The van der Waals surface area contributed by atoms with Crippen molar-refractivity contribution in [3.8, 4) is 0 Å². The molecule has 0 aromatic carbocycles. The van der Waals surface area contributed by atoms with E-state index in [-0.39, 0.29) is 11.9 Å². The Balaban J connectivity index is 2.02. The molecule has 0 saturated carbocycles. The Morgan fingerprint density at radius 1 is 1.73 bits per heavy atom. The molecule has 1 aromatic rings. The third-order valence-electron chi connectivity index (χ3n) is 2.57. The number of thiazole rings is 1. The van der Waals surface area contributed by atoms with E-state index in [1.165, 1.54) is 4.88 Å². The van der Waals surface area contributed by atoms with Crippen molar-refractivity contribution in [1.29, 1.82) is 0 Å². The van der Waals surface area contributed by atoms with Gasteiger partial charge in [-0.2, -0.15) is 0 Å². The molecule has 82 valence electrons. The molecule has 2 rings (SSSR count). The molecule has 0 bridgehead atoms. The average molecular weight is 225 g/mol. The van der Waals surface area contributed by atoms with Crippen LogP contribution in [0.3, 0.4) is 0 Å². The first-order chi connectivity index (χ1) is 7.16. The Morgan fingerprint density at radius 3 is 3.20 bits per heavy atom. The molecular weight excluding hydrogens is 210 g/mol. The van der Waals surface area contributed by atoms with E-state index >= 15 is 0 Å². The lowest BCUT2D eigenvalue weighted by Crippen LogP contribution is -2.47. The highest BCUT2D eigenvalue weighted by Crippen LogP contribution is 2.17. The van der Waals surface area contributed by atoms with Crippen LogP contribution in [0, 0.1) is 6.92 Å². The molecule has 0 spiro atoms. The van der Waals surface area contributed by atoms with Gasteiger partial charge in [0.25, 0.3) is 0 Å². The van der Waals surface area contributed by atoms with Gasteiger partial charge in [0.1, 0.15) is 5.01 Å². The minimum Gasteiger partial charge on any atom is -0.335 e. The number of nitrogens with zero attached hydrogens (tertiary/aromatic N) is 2. The zero-order chi connectivity index (χ0) is 10.8. The monoisotopic (exact) mass is 225 g/mol. The molecule has 4 nitrogen and oxygen atoms in total. The molecule has 1 amide bonds. The molecule has 1 aliphatic heterocycles. The van der Waals surface area contributed by atoms with Gasteiger partial charge in [0, 0.05) is 17.6 Å². The number of aromatic nitrogens is 1. The van der Waals surface area contributed by atoms with Gasteiger partial charge in [-0.3, -0.25) is 4.79 Å². The Hall–Kier alpha value is -0.940. The first kappa shape index (κ1) is 10.6. The quantitative estimate of drug-likeness (QED) is 0.813. The fraction of sp³-hybridized carbons (Fsp3) is 0.600. The highest BCUT2D eigenvalue weighted by atomic mass is 32.1. The summed E-state index contributed by atoms with van der Waals surface area (Å²) in [7, 11) is 0. The smallest absolute Gasteiger partial charge is 0.239 e. The Bertz CT molecular complexity index is 363. The largest absolute Gasteiger partial charge is 0.335 e. The molecule has 2 N–H and O–H groups in total. The van der Waals surface area contributed by atoms with Crippen LogP contribution >= 0.6 is 11.3 Å². The van der Waals surface area contributed by atoms with E-state index in [0.717, 1.165) is 24.4 Å². The number of piperidine rings is 1. The van der Waals surface area contributed by atoms with Crippen molar-refractivity contribution in [3.05, 3.63) is 16.1 Å². The predicted molar refractivity (Wildman–Crippen MR) is 59.5 cm³/mol. The molecule has 1 fully saturated rings. The van der Waals surface area contributed by atoms with Crippen molar-refractivity contribution < 1.29 is 4.79 Å². The SMILES string of the molecule is Cc1cnc(CN2CCCC(N)C2=O)s1. The number of hydrogen-bond acceptors (Lipinski definition) is 4. The van der Waals surface area contributed by atoms with Crippen molar-refractivity contribution in [2.45, 2.75) is 32.4 Å². The second-order valence-corrected chi connectivity index (χ2v) is 5.19. The third kappa shape index (κ3) is 2.35. The van der Waals surface area contributed by atoms with Crippen LogP contribution in [0.25, 0.3) is 0 Å². The Morgan fingerprint density at radius 2 is 2.53 bits per heavy atom. The maximum atomic E-state index is 11.7. The lowest BCUT2D eigenvalue weighted by Gasteiger charge is -2.29. The van der Waals surface area contributed by atoms with Gasteiger partial charge in [-0.25, -0.2) is 4.98 Å². The molecule has 1 aromatic heterocycles. The van der Waals surface area contributed by atoms with Gasteiger partial charge >= 0.3 is 0 Å². The molecule has 0 aliphatic carbocycles. The first-order valence-corrected chi connectivity index (χ1v) is 5.94. The molecule has 0 radical (unpaired) electrons. The van der Waals surface area contributed by atoms with Crippen molar-refractivity contribution in [3.63, 3.8) is 0 Å². The lowest BCUT2D eigenvalue weighted by molar-refractivity contribution is -0.135.